The van der Waals surface area contributed by atoms with Gasteiger partial charge in [0.05, 0.1) is 0 Å². The van der Waals surface area contributed by atoms with E-state index in [1.54, 1.807) is 18.3 Å². The van der Waals surface area contributed by atoms with Crippen LogP contribution in [0.3, 0.4) is 0 Å². The van der Waals surface area contributed by atoms with Gasteiger partial charge in [-0.15, -0.1) is 0 Å². The summed E-state index contributed by atoms with van der Waals surface area (Å²) in [7, 11) is 1.52. The van der Waals surface area contributed by atoms with Crippen molar-refractivity contribution in [1.82, 2.24) is 4.98 Å². The molecular weight excluding hydrogens is 342 g/mol. The number of carbonyl (C=O) groups excluding carboxylic acids is 1. The van der Waals surface area contributed by atoms with Crippen molar-refractivity contribution in [2.75, 3.05) is 11.9 Å². The highest BCUT2D eigenvalue weighted by Gasteiger charge is 2.15. The summed E-state index contributed by atoms with van der Waals surface area (Å²) in [4.78, 5) is 19.0. The Morgan fingerprint density at radius 1 is 1.00 bits per heavy atom. The lowest BCUT2D eigenvalue weighted by molar-refractivity contribution is 0.0993. The number of carbonyl (C=O) groups is 1. The van der Waals surface area contributed by atoms with Crippen molar-refractivity contribution in [2.24, 2.45) is 0 Å². The van der Waals surface area contributed by atoms with Crippen molar-refractivity contribution in [1.29, 1.82) is 0 Å². The summed E-state index contributed by atoms with van der Waals surface area (Å²) in [6.07, 6.45) is 1.72. The predicted molar refractivity (Wildman–Crippen MR) is 93.9 cm³/mol. The Hall–Kier alpha value is -2.73. The third-order valence-corrected chi connectivity index (χ3v) is 4.52. The van der Waals surface area contributed by atoms with Crippen molar-refractivity contribution in [2.45, 2.75) is 9.92 Å². The van der Waals surface area contributed by atoms with Crippen LogP contribution < -0.4 is 4.90 Å². The third kappa shape index (κ3) is 4.03. The Balaban J connectivity index is 1.74. The van der Waals surface area contributed by atoms with Crippen LogP contribution in [0.25, 0.3) is 0 Å². The molecule has 0 spiro atoms. The summed E-state index contributed by atoms with van der Waals surface area (Å²) in [6, 6.07) is 16.1. The lowest BCUT2D eigenvalue weighted by Gasteiger charge is -2.17. The maximum Gasteiger partial charge on any atom is 0.258 e. The highest BCUT2D eigenvalue weighted by Crippen LogP contribution is 2.26. The van der Waals surface area contributed by atoms with Crippen molar-refractivity contribution in [3.8, 4) is 0 Å². The van der Waals surface area contributed by atoms with Gasteiger partial charge in [0.1, 0.15) is 5.03 Å². The van der Waals surface area contributed by atoms with E-state index in [9.17, 15) is 13.6 Å². The van der Waals surface area contributed by atoms with Crippen LogP contribution in [0.4, 0.5) is 14.5 Å². The number of hydrogen-bond acceptors (Lipinski definition) is 3. The Bertz CT molecular complexity index is 886. The average Bonchev–Trinajstić information content (AvgIpc) is 2.64. The highest BCUT2D eigenvalue weighted by molar-refractivity contribution is 7.99. The largest absolute Gasteiger partial charge is 0.311 e. The molecule has 1 aromatic heterocycles. The average molecular weight is 356 g/mol. The molecule has 2 aromatic carbocycles. The van der Waals surface area contributed by atoms with E-state index in [4.69, 9.17) is 0 Å². The zero-order valence-corrected chi connectivity index (χ0v) is 14.1. The van der Waals surface area contributed by atoms with E-state index in [1.807, 2.05) is 30.3 Å². The third-order valence-electron chi connectivity index (χ3n) is 3.56. The van der Waals surface area contributed by atoms with Crippen LogP contribution in [0.1, 0.15) is 10.4 Å². The van der Waals surface area contributed by atoms with Crippen LogP contribution in [0.2, 0.25) is 0 Å². The van der Waals surface area contributed by atoms with Gasteiger partial charge < -0.3 is 4.90 Å². The minimum atomic E-state index is -0.987. The van der Waals surface area contributed by atoms with Gasteiger partial charge in [-0.25, -0.2) is 13.8 Å². The molecule has 25 heavy (non-hydrogen) atoms. The van der Waals surface area contributed by atoms with Gasteiger partial charge in [0.25, 0.3) is 5.91 Å². The lowest BCUT2D eigenvalue weighted by Crippen LogP contribution is -2.26. The summed E-state index contributed by atoms with van der Waals surface area (Å²) in [6.45, 7) is 0. The molecule has 3 rings (SSSR count). The second kappa shape index (κ2) is 7.44. The van der Waals surface area contributed by atoms with Crippen LogP contribution in [0.15, 0.2) is 76.8 Å². The van der Waals surface area contributed by atoms with Crippen molar-refractivity contribution in [3.05, 3.63) is 84.1 Å². The molecule has 1 heterocycles. The first kappa shape index (κ1) is 17.1. The van der Waals surface area contributed by atoms with E-state index in [0.717, 1.165) is 22.1 Å². The molecular formula is C19H14F2N2OS. The van der Waals surface area contributed by atoms with Gasteiger partial charge in [-0.05, 0) is 48.5 Å². The maximum atomic E-state index is 13.3. The SMILES string of the molecule is CN(C(=O)c1ccc(Sc2ccccn2)cc1)c1ccc(F)c(F)c1. The second-order valence-electron chi connectivity index (χ2n) is 5.26. The Morgan fingerprint density at radius 2 is 1.76 bits per heavy atom. The molecule has 0 N–H and O–H groups in total. The first-order valence-corrected chi connectivity index (χ1v) is 8.28. The first-order valence-electron chi connectivity index (χ1n) is 7.46. The number of nitrogens with zero attached hydrogens (tertiary/aromatic N) is 2. The number of amides is 1. The minimum Gasteiger partial charge on any atom is -0.311 e. The zero-order chi connectivity index (χ0) is 17.8. The molecule has 0 fully saturated rings. The number of anilines is 1. The number of hydrogen-bond donors (Lipinski definition) is 0. The monoisotopic (exact) mass is 356 g/mol. The van der Waals surface area contributed by atoms with E-state index in [-0.39, 0.29) is 11.6 Å². The van der Waals surface area contributed by atoms with Gasteiger partial charge in [0.15, 0.2) is 11.6 Å². The Morgan fingerprint density at radius 3 is 2.40 bits per heavy atom. The molecule has 3 aromatic rings. The standard InChI is InChI=1S/C19H14F2N2OS/c1-23(14-7-10-16(20)17(21)12-14)19(24)13-5-8-15(9-6-13)25-18-4-2-3-11-22-18/h2-12H,1H3. The molecule has 1 amide bonds. The maximum absolute atomic E-state index is 13.3. The molecule has 0 aliphatic heterocycles. The summed E-state index contributed by atoms with van der Waals surface area (Å²) in [5, 5.41) is 0.862. The molecule has 0 saturated heterocycles. The molecule has 0 bridgehead atoms. The quantitative estimate of drug-likeness (QED) is 0.674. The Labute approximate surface area is 148 Å². The van der Waals surface area contributed by atoms with E-state index in [2.05, 4.69) is 4.98 Å². The number of pyridine rings is 1. The molecule has 0 radical (unpaired) electrons. The molecule has 0 unspecified atom stereocenters. The lowest BCUT2D eigenvalue weighted by atomic mass is 10.2. The van der Waals surface area contributed by atoms with E-state index >= 15 is 0 Å². The topological polar surface area (TPSA) is 33.2 Å². The summed E-state index contributed by atoms with van der Waals surface area (Å²) in [5.41, 5.74) is 0.744. The van der Waals surface area contributed by atoms with E-state index in [0.29, 0.717) is 5.56 Å². The fourth-order valence-corrected chi connectivity index (χ4v) is 2.97. The normalized spacial score (nSPS) is 10.5. The van der Waals surface area contributed by atoms with Crippen LogP contribution in [-0.4, -0.2) is 17.9 Å². The molecule has 126 valence electrons. The Kier molecular flexibility index (Phi) is 5.09. The fraction of sp³-hybridized carbons (Fsp3) is 0.0526. The summed E-state index contributed by atoms with van der Waals surface area (Å²) in [5.74, 6) is -2.24. The predicted octanol–water partition coefficient (Wildman–Crippen LogP) is 4.79. The molecule has 0 atom stereocenters. The first-order chi connectivity index (χ1) is 12.0. The second-order valence-corrected chi connectivity index (χ2v) is 6.35. The number of aromatic nitrogens is 1. The smallest absolute Gasteiger partial charge is 0.258 e. The van der Waals surface area contributed by atoms with E-state index < -0.39 is 11.6 Å². The number of halogens is 2. The molecule has 3 nitrogen and oxygen atoms in total. The zero-order valence-electron chi connectivity index (χ0n) is 13.3. The van der Waals surface area contributed by atoms with E-state index in [1.165, 1.54) is 29.8 Å². The van der Waals surface area contributed by atoms with Gasteiger partial charge in [-0.1, -0.05) is 17.8 Å². The number of rotatable bonds is 4. The molecule has 6 heteroatoms. The van der Waals surface area contributed by atoms with Gasteiger partial charge in [0.2, 0.25) is 0 Å². The number of benzene rings is 2. The molecule has 0 saturated carbocycles. The highest BCUT2D eigenvalue weighted by atomic mass is 32.2. The van der Waals surface area contributed by atoms with Crippen LogP contribution in [0.5, 0.6) is 0 Å². The van der Waals surface area contributed by atoms with Crippen molar-refractivity contribution < 1.29 is 13.6 Å². The summed E-state index contributed by atoms with van der Waals surface area (Å²) >= 11 is 1.49. The van der Waals surface area contributed by atoms with Crippen molar-refractivity contribution >= 4 is 23.4 Å². The van der Waals surface area contributed by atoms with Crippen LogP contribution >= 0.6 is 11.8 Å². The van der Waals surface area contributed by atoms with Gasteiger partial charge in [-0.2, -0.15) is 0 Å². The van der Waals surface area contributed by atoms with Crippen molar-refractivity contribution in [3.63, 3.8) is 0 Å². The van der Waals surface area contributed by atoms with Crippen LogP contribution in [-0.2, 0) is 0 Å². The molecule has 0 aliphatic rings. The van der Waals surface area contributed by atoms with Gasteiger partial charge in [-0.3, -0.25) is 4.79 Å². The van der Waals surface area contributed by atoms with Crippen LogP contribution in [0, 0.1) is 11.6 Å². The fourth-order valence-electron chi connectivity index (χ4n) is 2.20. The summed E-state index contributed by atoms with van der Waals surface area (Å²) < 4.78 is 26.4. The minimum absolute atomic E-state index is 0.288. The van der Waals surface area contributed by atoms with Gasteiger partial charge >= 0.3 is 0 Å². The van der Waals surface area contributed by atoms with Gasteiger partial charge in [0, 0.05) is 35.5 Å². The molecule has 0 aliphatic carbocycles.